The number of carbonyl (C=O) groups is 1. The minimum Gasteiger partial charge on any atom is -0.444 e. The normalized spacial score (nSPS) is 12.7. The van der Waals surface area contributed by atoms with E-state index < -0.39 is 5.60 Å². The number of amides is 1. The maximum atomic E-state index is 11.6. The Kier molecular flexibility index (Phi) is 8.71. The van der Waals surface area contributed by atoms with E-state index in [4.69, 9.17) is 9.47 Å². The van der Waals surface area contributed by atoms with Crippen molar-refractivity contribution in [2.24, 2.45) is 0 Å². The maximum absolute atomic E-state index is 11.6. The maximum Gasteiger partial charge on any atom is 0.407 e. The molecule has 1 aromatic rings. The van der Waals surface area contributed by atoms with Crippen molar-refractivity contribution in [1.82, 2.24) is 15.6 Å². The number of rotatable bonds is 9. The number of carbonyl (C=O) groups excluding carboxylic acids is 1. The average molecular weight is 337 g/mol. The number of aromatic nitrogens is 1. The molecule has 0 aromatic carbocycles. The van der Waals surface area contributed by atoms with Crippen LogP contribution in [0.2, 0.25) is 0 Å². The molecule has 0 aliphatic heterocycles. The SMILES string of the molecule is COCC(CCCNC(=O)OC(C)(C)C)NCc1ccncc1C. The second-order valence-corrected chi connectivity index (χ2v) is 6.91. The standard InChI is InChI=1S/C18H31N3O3/c1-14-11-19-10-8-15(14)12-21-16(13-23-5)7-6-9-20-17(22)24-18(2,3)4/h8,10-11,16,21H,6-7,9,12-13H2,1-5H3,(H,20,22). The first kappa shape index (κ1) is 20.4. The lowest BCUT2D eigenvalue weighted by atomic mass is 10.1. The Morgan fingerprint density at radius 3 is 2.75 bits per heavy atom. The highest BCUT2D eigenvalue weighted by atomic mass is 16.6. The van der Waals surface area contributed by atoms with Crippen LogP contribution in [0.4, 0.5) is 4.79 Å². The minimum absolute atomic E-state index is 0.239. The van der Waals surface area contributed by atoms with E-state index in [0.717, 1.165) is 19.4 Å². The zero-order chi connectivity index (χ0) is 18.0. The Morgan fingerprint density at radius 2 is 2.12 bits per heavy atom. The van der Waals surface area contributed by atoms with Crippen molar-refractivity contribution in [2.75, 3.05) is 20.3 Å². The topological polar surface area (TPSA) is 72.5 Å². The Labute approximate surface area is 145 Å². The third kappa shape index (κ3) is 8.84. The van der Waals surface area contributed by atoms with Crippen LogP contribution in [0.15, 0.2) is 18.5 Å². The number of alkyl carbamates (subject to hydrolysis) is 1. The van der Waals surface area contributed by atoms with Gasteiger partial charge in [-0.15, -0.1) is 0 Å². The molecule has 1 amide bonds. The fourth-order valence-electron chi connectivity index (χ4n) is 2.25. The Balaban J connectivity index is 2.31. The van der Waals surface area contributed by atoms with Crippen molar-refractivity contribution in [3.05, 3.63) is 29.6 Å². The van der Waals surface area contributed by atoms with Gasteiger partial charge in [-0.25, -0.2) is 4.79 Å². The molecule has 1 atom stereocenters. The predicted molar refractivity (Wildman–Crippen MR) is 94.9 cm³/mol. The fraction of sp³-hybridized carbons (Fsp3) is 0.667. The molecule has 0 radical (unpaired) electrons. The summed E-state index contributed by atoms with van der Waals surface area (Å²) >= 11 is 0. The first-order valence-electron chi connectivity index (χ1n) is 8.40. The van der Waals surface area contributed by atoms with Gasteiger partial charge in [-0.05, 0) is 57.7 Å². The van der Waals surface area contributed by atoms with E-state index in [-0.39, 0.29) is 12.1 Å². The van der Waals surface area contributed by atoms with Crippen LogP contribution in [0.3, 0.4) is 0 Å². The third-order valence-electron chi connectivity index (χ3n) is 3.48. The van der Waals surface area contributed by atoms with Gasteiger partial charge in [-0.2, -0.15) is 0 Å². The highest BCUT2D eigenvalue weighted by Gasteiger charge is 2.15. The van der Waals surface area contributed by atoms with E-state index in [0.29, 0.717) is 13.2 Å². The summed E-state index contributed by atoms with van der Waals surface area (Å²) in [4.78, 5) is 15.7. The van der Waals surface area contributed by atoms with Gasteiger partial charge in [-0.3, -0.25) is 4.98 Å². The van der Waals surface area contributed by atoms with Crippen molar-refractivity contribution in [3.8, 4) is 0 Å². The van der Waals surface area contributed by atoms with Gasteiger partial charge in [0.25, 0.3) is 0 Å². The second kappa shape index (κ2) is 10.3. The molecule has 0 spiro atoms. The van der Waals surface area contributed by atoms with Gasteiger partial charge in [0.1, 0.15) is 5.60 Å². The van der Waals surface area contributed by atoms with Crippen LogP contribution >= 0.6 is 0 Å². The van der Waals surface area contributed by atoms with Crippen LogP contribution in [0.5, 0.6) is 0 Å². The number of ether oxygens (including phenoxy) is 2. The number of hydrogen-bond acceptors (Lipinski definition) is 5. The lowest BCUT2D eigenvalue weighted by molar-refractivity contribution is 0.0526. The van der Waals surface area contributed by atoms with Gasteiger partial charge in [0.2, 0.25) is 0 Å². The predicted octanol–water partition coefficient (Wildman–Crippen LogP) is 2.80. The van der Waals surface area contributed by atoms with E-state index >= 15 is 0 Å². The molecule has 0 saturated carbocycles. The van der Waals surface area contributed by atoms with E-state index in [1.165, 1.54) is 11.1 Å². The van der Waals surface area contributed by atoms with Gasteiger partial charge < -0.3 is 20.1 Å². The van der Waals surface area contributed by atoms with Crippen LogP contribution < -0.4 is 10.6 Å². The van der Waals surface area contributed by atoms with Crippen molar-refractivity contribution in [1.29, 1.82) is 0 Å². The molecular weight excluding hydrogens is 306 g/mol. The number of hydrogen-bond donors (Lipinski definition) is 2. The molecule has 0 bridgehead atoms. The Hall–Kier alpha value is -1.66. The lowest BCUT2D eigenvalue weighted by Crippen LogP contribution is -2.35. The van der Waals surface area contributed by atoms with Crippen molar-refractivity contribution in [2.45, 2.75) is 58.7 Å². The molecule has 1 rings (SSSR count). The van der Waals surface area contributed by atoms with Crippen molar-refractivity contribution >= 4 is 6.09 Å². The summed E-state index contributed by atoms with van der Waals surface area (Å²) in [6.07, 6.45) is 5.07. The molecule has 1 heterocycles. The minimum atomic E-state index is -0.466. The highest BCUT2D eigenvalue weighted by molar-refractivity contribution is 5.67. The molecule has 24 heavy (non-hydrogen) atoms. The molecule has 6 heteroatoms. The molecule has 6 nitrogen and oxygen atoms in total. The zero-order valence-electron chi connectivity index (χ0n) is 15.5. The first-order valence-corrected chi connectivity index (χ1v) is 8.40. The number of aryl methyl sites for hydroxylation is 1. The molecular formula is C18H31N3O3. The molecule has 2 N–H and O–H groups in total. The summed E-state index contributed by atoms with van der Waals surface area (Å²) in [5.74, 6) is 0. The van der Waals surface area contributed by atoms with Crippen LogP contribution in [-0.4, -0.2) is 43.0 Å². The molecule has 0 fully saturated rings. The van der Waals surface area contributed by atoms with Gasteiger partial charge in [0, 0.05) is 38.6 Å². The lowest BCUT2D eigenvalue weighted by Gasteiger charge is -2.21. The largest absolute Gasteiger partial charge is 0.444 e. The van der Waals surface area contributed by atoms with Gasteiger partial charge in [0.05, 0.1) is 6.61 Å². The summed E-state index contributed by atoms with van der Waals surface area (Å²) in [5.41, 5.74) is 1.94. The average Bonchev–Trinajstić information content (AvgIpc) is 2.48. The quantitative estimate of drug-likeness (QED) is 0.678. The number of nitrogens with one attached hydrogen (secondary N) is 2. The summed E-state index contributed by atoms with van der Waals surface area (Å²) in [6, 6.07) is 2.26. The summed E-state index contributed by atoms with van der Waals surface area (Å²) in [5, 5.41) is 6.29. The molecule has 0 saturated heterocycles. The van der Waals surface area contributed by atoms with Crippen LogP contribution in [-0.2, 0) is 16.0 Å². The number of pyridine rings is 1. The van der Waals surface area contributed by atoms with E-state index in [1.807, 2.05) is 33.0 Å². The number of methoxy groups -OCH3 is 1. The van der Waals surface area contributed by atoms with Crippen LogP contribution in [0, 0.1) is 6.92 Å². The smallest absolute Gasteiger partial charge is 0.407 e. The summed E-state index contributed by atoms with van der Waals surface area (Å²) in [6.45, 7) is 9.62. The first-order chi connectivity index (χ1) is 11.3. The molecule has 1 aromatic heterocycles. The van der Waals surface area contributed by atoms with Crippen LogP contribution in [0.25, 0.3) is 0 Å². The van der Waals surface area contributed by atoms with Crippen molar-refractivity contribution in [3.63, 3.8) is 0 Å². The Morgan fingerprint density at radius 1 is 1.38 bits per heavy atom. The Bertz CT molecular complexity index is 501. The summed E-state index contributed by atoms with van der Waals surface area (Å²) in [7, 11) is 1.70. The van der Waals surface area contributed by atoms with Gasteiger partial charge in [-0.1, -0.05) is 0 Å². The second-order valence-electron chi connectivity index (χ2n) is 6.91. The molecule has 0 aliphatic rings. The monoisotopic (exact) mass is 337 g/mol. The van der Waals surface area contributed by atoms with E-state index in [2.05, 4.69) is 22.5 Å². The fourth-order valence-corrected chi connectivity index (χ4v) is 2.25. The van der Waals surface area contributed by atoms with Crippen molar-refractivity contribution < 1.29 is 14.3 Å². The van der Waals surface area contributed by atoms with Crippen LogP contribution in [0.1, 0.15) is 44.7 Å². The zero-order valence-corrected chi connectivity index (χ0v) is 15.5. The third-order valence-corrected chi connectivity index (χ3v) is 3.48. The summed E-state index contributed by atoms with van der Waals surface area (Å²) < 4.78 is 10.5. The van der Waals surface area contributed by atoms with E-state index in [9.17, 15) is 4.79 Å². The number of nitrogens with zero attached hydrogens (tertiary/aromatic N) is 1. The molecule has 1 unspecified atom stereocenters. The highest BCUT2D eigenvalue weighted by Crippen LogP contribution is 2.08. The van der Waals surface area contributed by atoms with Gasteiger partial charge >= 0.3 is 6.09 Å². The molecule has 136 valence electrons. The van der Waals surface area contributed by atoms with Gasteiger partial charge in [0.15, 0.2) is 0 Å². The van der Waals surface area contributed by atoms with E-state index in [1.54, 1.807) is 13.3 Å². The molecule has 0 aliphatic carbocycles.